The lowest BCUT2D eigenvalue weighted by Crippen LogP contribution is -2.44. The second-order valence-corrected chi connectivity index (χ2v) is 8.31. The zero-order valence-electron chi connectivity index (χ0n) is 18.8. The lowest BCUT2D eigenvalue weighted by atomic mass is 10.2. The van der Waals surface area contributed by atoms with E-state index in [4.69, 9.17) is 14.5 Å². The third kappa shape index (κ3) is 7.80. The van der Waals surface area contributed by atoms with Gasteiger partial charge in [-0.15, -0.1) is 35.3 Å². The van der Waals surface area contributed by atoms with Crippen molar-refractivity contribution in [3.8, 4) is 11.5 Å². The molecule has 7 nitrogen and oxygen atoms in total. The van der Waals surface area contributed by atoms with Gasteiger partial charge in [0.15, 0.2) is 5.96 Å². The highest BCUT2D eigenvalue weighted by Gasteiger charge is 2.23. The van der Waals surface area contributed by atoms with Crippen LogP contribution >= 0.6 is 35.3 Å². The van der Waals surface area contributed by atoms with Crippen LogP contribution in [-0.2, 0) is 19.5 Å². The van der Waals surface area contributed by atoms with Crippen molar-refractivity contribution < 1.29 is 9.47 Å². The van der Waals surface area contributed by atoms with Gasteiger partial charge in [0.1, 0.15) is 11.5 Å². The fraction of sp³-hybridized carbons (Fsp3) is 0.545. The van der Waals surface area contributed by atoms with E-state index in [-0.39, 0.29) is 24.0 Å². The predicted molar refractivity (Wildman–Crippen MR) is 138 cm³/mol. The van der Waals surface area contributed by atoms with Gasteiger partial charge in [-0.1, -0.05) is 6.92 Å². The van der Waals surface area contributed by atoms with E-state index in [0.717, 1.165) is 62.2 Å². The lowest BCUT2D eigenvalue weighted by molar-refractivity contribution is 0.321. The summed E-state index contributed by atoms with van der Waals surface area (Å²) in [4.78, 5) is 11.8. The number of ether oxygens (including phenoxy) is 2. The smallest absolute Gasteiger partial charge is 0.191 e. The Morgan fingerprint density at radius 1 is 1.23 bits per heavy atom. The SMILES string of the molecule is CCNC(=NCc1csc(CC)n1)NC1CCN(Cc2cc(OC)cc(OC)c2)C1.I. The minimum Gasteiger partial charge on any atom is -0.497 e. The summed E-state index contributed by atoms with van der Waals surface area (Å²) in [6, 6.07) is 6.43. The molecular weight excluding hydrogens is 525 g/mol. The second kappa shape index (κ2) is 13.1. The molecule has 172 valence electrons. The zero-order chi connectivity index (χ0) is 21.3. The number of thiazole rings is 1. The Labute approximate surface area is 206 Å². The molecule has 3 rings (SSSR count). The van der Waals surface area contributed by atoms with Crippen LogP contribution in [0.3, 0.4) is 0 Å². The summed E-state index contributed by atoms with van der Waals surface area (Å²) in [7, 11) is 3.37. The van der Waals surface area contributed by atoms with Gasteiger partial charge in [-0.3, -0.25) is 4.90 Å². The monoisotopic (exact) mass is 559 g/mol. The Morgan fingerprint density at radius 3 is 2.58 bits per heavy atom. The first-order valence-corrected chi connectivity index (χ1v) is 11.4. The summed E-state index contributed by atoms with van der Waals surface area (Å²) in [6.07, 6.45) is 2.06. The largest absolute Gasteiger partial charge is 0.497 e. The van der Waals surface area contributed by atoms with Crippen LogP contribution in [0, 0.1) is 0 Å². The summed E-state index contributed by atoms with van der Waals surface area (Å²) in [5.41, 5.74) is 2.23. The molecule has 0 aliphatic carbocycles. The van der Waals surface area contributed by atoms with Gasteiger partial charge in [-0.25, -0.2) is 9.98 Å². The third-order valence-corrected chi connectivity index (χ3v) is 6.12. The van der Waals surface area contributed by atoms with Crippen LogP contribution in [0.2, 0.25) is 0 Å². The summed E-state index contributed by atoms with van der Waals surface area (Å²) >= 11 is 1.71. The molecule has 0 bridgehead atoms. The van der Waals surface area contributed by atoms with Crippen molar-refractivity contribution in [2.24, 2.45) is 4.99 Å². The molecule has 0 amide bonds. The van der Waals surface area contributed by atoms with Crippen molar-refractivity contribution in [3.63, 3.8) is 0 Å². The molecule has 1 fully saturated rings. The van der Waals surface area contributed by atoms with Crippen molar-refractivity contribution in [2.75, 3.05) is 33.9 Å². The van der Waals surface area contributed by atoms with Crippen molar-refractivity contribution in [3.05, 3.63) is 39.8 Å². The molecule has 0 spiro atoms. The summed E-state index contributed by atoms with van der Waals surface area (Å²) in [5, 5.41) is 10.2. The number of methoxy groups -OCH3 is 2. The maximum Gasteiger partial charge on any atom is 0.191 e. The first-order valence-electron chi connectivity index (χ1n) is 10.6. The van der Waals surface area contributed by atoms with E-state index in [2.05, 4.69) is 51.9 Å². The number of aryl methyl sites for hydroxylation is 1. The van der Waals surface area contributed by atoms with Gasteiger partial charge in [-0.2, -0.15) is 0 Å². The van der Waals surface area contributed by atoms with Crippen LogP contribution in [-0.4, -0.2) is 55.7 Å². The van der Waals surface area contributed by atoms with Gasteiger partial charge >= 0.3 is 0 Å². The Bertz CT molecular complexity index is 823. The van der Waals surface area contributed by atoms with E-state index in [1.54, 1.807) is 25.6 Å². The van der Waals surface area contributed by atoms with Gasteiger partial charge in [0.05, 0.1) is 31.5 Å². The van der Waals surface area contributed by atoms with E-state index in [1.807, 2.05) is 6.07 Å². The molecule has 1 aromatic heterocycles. The van der Waals surface area contributed by atoms with Crippen molar-refractivity contribution in [2.45, 2.75) is 45.8 Å². The predicted octanol–water partition coefficient (Wildman–Crippen LogP) is 3.67. The number of nitrogens with zero attached hydrogens (tertiary/aromatic N) is 3. The fourth-order valence-corrected chi connectivity index (χ4v) is 4.30. The molecule has 1 aliphatic heterocycles. The van der Waals surface area contributed by atoms with Crippen LogP contribution in [0.25, 0.3) is 0 Å². The minimum atomic E-state index is 0. The highest BCUT2D eigenvalue weighted by Crippen LogP contribution is 2.24. The lowest BCUT2D eigenvalue weighted by Gasteiger charge is -2.19. The summed E-state index contributed by atoms with van der Waals surface area (Å²) in [6.45, 7) is 8.55. The van der Waals surface area contributed by atoms with Crippen LogP contribution in [0.1, 0.15) is 36.5 Å². The molecule has 2 heterocycles. The highest BCUT2D eigenvalue weighted by atomic mass is 127. The molecule has 1 aliphatic rings. The fourth-order valence-electron chi connectivity index (χ4n) is 3.57. The second-order valence-electron chi connectivity index (χ2n) is 7.37. The zero-order valence-corrected chi connectivity index (χ0v) is 22.0. The van der Waals surface area contributed by atoms with Gasteiger partial charge < -0.3 is 20.1 Å². The Hall–Kier alpha value is -1.59. The molecule has 1 unspecified atom stereocenters. The average molecular weight is 560 g/mol. The van der Waals surface area contributed by atoms with Gasteiger partial charge in [0, 0.05) is 43.7 Å². The molecule has 2 aromatic rings. The van der Waals surface area contributed by atoms with Crippen molar-refractivity contribution >= 4 is 41.3 Å². The number of nitrogens with one attached hydrogen (secondary N) is 2. The maximum absolute atomic E-state index is 5.40. The first-order chi connectivity index (χ1) is 14.6. The Kier molecular flexibility index (Phi) is 10.8. The van der Waals surface area contributed by atoms with E-state index < -0.39 is 0 Å². The van der Waals surface area contributed by atoms with Crippen molar-refractivity contribution in [1.82, 2.24) is 20.5 Å². The van der Waals surface area contributed by atoms with Crippen molar-refractivity contribution in [1.29, 1.82) is 0 Å². The summed E-state index contributed by atoms with van der Waals surface area (Å²) < 4.78 is 10.8. The number of hydrogen-bond acceptors (Lipinski definition) is 6. The van der Waals surface area contributed by atoms with Gasteiger partial charge in [0.2, 0.25) is 0 Å². The Morgan fingerprint density at radius 2 is 1.97 bits per heavy atom. The average Bonchev–Trinajstić information content (AvgIpc) is 3.41. The molecule has 1 atom stereocenters. The number of aromatic nitrogens is 1. The number of likely N-dealkylation sites (tertiary alicyclic amines) is 1. The molecular formula is C22H34IN5O2S. The molecule has 9 heteroatoms. The molecule has 2 N–H and O–H groups in total. The molecule has 1 aromatic carbocycles. The minimum absolute atomic E-state index is 0. The quantitative estimate of drug-likeness (QED) is 0.278. The highest BCUT2D eigenvalue weighted by molar-refractivity contribution is 14.0. The van der Waals surface area contributed by atoms with E-state index in [1.165, 1.54) is 10.6 Å². The number of benzene rings is 1. The van der Waals surface area contributed by atoms with Crippen LogP contribution in [0.15, 0.2) is 28.6 Å². The molecule has 31 heavy (non-hydrogen) atoms. The third-order valence-electron chi connectivity index (χ3n) is 5.08. The Balaban J connectivity index is 0.00000341. The number of hydrogen-bond donors (Lipinski definition) is 2. The number of rotatable bonds is 9. The van der Waals surface area contributed by atoms with Gasteiger partial charge in [-0.05, 0) is 37.5 Å². The number of halogens is 1. The maximum atomic E-state index is 5.40. The molecule has 1 saturated heterocycles. The van der Waals surface area contributed by atoms with E-state index in [9.17, 15) is 0 Å². The summed E-state index contributed by atoms with van der Waals surface area (Å²) in [5.74, 6) is 2.51. The van der Waals surface area contributed by atoms with E-state index >= 15 is 0 Å². The topological polar surface area (TPSA) is 71.0 Å². The van der Waals surface area contributed by atoms with Gasteiger partial charge in [0.25, 0.3) is 0 Å². The normalized spacial score (nSPS) is 16.6. The standard InChI is InChI=1S/C22H33N5O2S.HI/c1-5-21-25-18(15-30-21)12-24-22(23-6-2)26-17-7-8-27(14-17)13-16-9-19(28-3)11-20(10-16)29-4;/h9-11,15,17H,5-8,12-14H2,1-4H3,(H2,23,24,26);1H. The molecule has 0 saturated carbocycles. The van der Waals surface area contributed by atoms with Crippen LogP contribution < -0.4 is 20.1 Å². The van der Waals surface area contributed by atoms with E-state index in [0.29, 0.717) is 12.6 Å². The number of aliphatic imine (C=N–C) groups is 1. The van der Waals surface area contributed by atoms with Crippen LogP contribution in [0.5, 0.6) is 11.5 Å². The first kappa shape index (κ1) is 25.7. The van der Waals surface area contributed by atoms with Crippen LogP contribution in [0.4, 0.5) is 0 Å². The number of guanidine groups is 1. The molecule has 0 radical (unpaired) electrons.